The Morgan fingerprint density at radius 3 is 1.83 bits per heavy atom. The van der Waals surface area contributed by atoms with Crippen LogP contribution in [0, 0.1) is 59.2 Å². The van der Waals surface area contributed by atoms with E-state index >= 15 is 0 Å². The normalized spacial score (nSPS) is 17.2. The predicted molar refractivity (Wildman–Crippen MR) is 341 cm³/mol. The lowest BCUT2D eigenvalue weighted by Crippen LogP contribution is -2.34. The van der Waals surface area contributed by atoms with Gasteiger partial charge in [0.15, 0.2) is 6.33 Å². The number of aromatic nitrogens is 4. The monoisotopic (exact) mass is 1120 g/mol. The number of allylic oxidation sites excluding steroid dienone is 2. The zero-order chi connectivity index (χ0) is 57.8. The molecule has 1 amide bonds. The number of ether oxygens (including phenoxy) is 1. The van der Waals surface area contributed by atoms with Crippen LogP contribution in [0.3, 0.4) is 0 Å². The second-order valence-corrected chi connectivity index (χ2v) is 26.5. The molecule has 6 aromatic carbocycles. The van der Waals surface area contributed by atoms with Crippen molar-refractivity contribution in [3.8, 4) is 23.2 Å². The van der Waals surface area contributed by atoms with E-state index < -0.39 is 7.92 Å². The molecule has 2 fully saturated rings. The first-order chi connectivity index (χ1) is 39.1. The number of para-hydroxylation sites is 1. The molecule has 3 heterocycles. The molecule has 422 valence electrons. The Kier molecular flexibility index (Phi) is 23.6. The number of amides is 1. The van der Waals surface area contributed by atoms with Crippen molar-refractivity contribution in [3.63, 3.8) is 0 Å². The Hall–Kier alpha value is -6.72. The van der Waals surface area contributed by atoms with Crippen LogP contribution in [0.15, 0.2) is 170 Å². The summed E-state index contributed by atoms with van der Waals surface area (Å²) in [5.74, 6) is 16.4. The smallest absolute Gasteiger partial charge is 0.338 e. The molecule has 0 N–H and O–H groups in total. The summed E-state index contributed by atoms with van der Waals surface area (Å²) in [6.07, 6.45) is 11.7. The minimum atomic E-state index is -0.847. The molecule has 4 aliphatic rings. The molecule has 4 atom stereocenters. The summed E-state index contributed by atoms with van der Waals surface area (Å²) in [6, 6.07) is 51.0. The fourth-order valence-corrected chi connectivity index (χ4v) is 14.7. The SMILES string of the molecule is CC(C)C(=O)N1Cc2ccccc2C#Cc2ccccc21.CC(C)C1CC2C=CC1C2.CC(C)C1CCSC1.CC(C)Cc1ccc(-c2nncnn2)cc1.COC(=O)c1ccc(C(C)C)cc1P(c1ccccc1)c1ccccc1. The summed E-state index contributed by atoms with van der Waals surface area (Å²) in [5.41, 5.74) is 8.05. The number of thioether (sulfide) groups is 1. The Bertz CT molecular complexity index is 3130. The molecule has 4 unspecified atom stereocenters. The van der Waals surface area contributed by atoms with Crippen LogP contribution < -0.4 is 20.8 Å². The summed E-state index contributed by atoms with van der Waals surface area (Å²) < 4.78 is 5.07. The number of hydrogen-bond acceptors (Lipinski definition) is 8. The third-order valence-corrected chi connectivity index (χ3v) is 19.0. The first-order valence-corrected chi connectivity index (χ1v) is 31.6. The molecule has 2 aliphatic heterocycles. The van der Waals surface area contributed by atoms with Crippen LogP contribution in [0.5, 0.6) is 0 Å². The highest BCUT2D eigenvalue weighted by molar-refractivity contribution is 7.99. The van der Waals surface area contributed by atoms with Gasteiger partial charge in [-0.1, -0.05) is 215 Å². The zero-order valence-electron chi connectivity index (χ0n) is 49.6. The summed E-state index contributed by atoms with van der Waals surface area (Å²) in [5, 5.41) is 18.7. The number of anilines is 1. The van der Waals surface area contributed by atoms with Crippen molar-refractivity contribution in [3.05, 3.63) is 204 Å². The standard InChI is InChI=1S/C23H23O2P.C19H17NO.C12H14N4.C10H16.C7H14S/c1-17(2)18-14-15-21(23(24)25-3)22(16-18)26(19-10-6-4-7-11-19)20-12-8-5-9-13-20;1-14(2)19(21)20-13-17-9-4-3-7-15(17)11-12-16-8-5-6-10-18(16)20;1-9(2)7-10-3-5-11(6-4-10)12-15-13-8-14-16-12;1-7(2)10-6-8-3-4-9(10)5-8;1-6(2)7-3-4-8-5-7/h4-17H,1-3H3;3-10,14H,13H2,1-2H3;3-6,8-9H,7H2,1-2H3;3-4,7-10H,5-6H2,1-2H3;6-7H,3-5H2,1-2H3. The molecule has 1 saturated carbocycles. The average molecular weight is 1120 g/mol. The van der Waals surface area contributed by atoms with Gasteiger partial charge in [0, 0.05) is 22.6 Å². The van der Waals surface area contributed by atoms with Crippen molar-refractivity contribution in [2.75, 3.05) is 23.5 Å². The molecular weight excluding hydrogens is 1030 g/mol. The molecule has 2 aliphatic carbocycles. The van der Waals surface area contributed by atoms with Crippen LogP contribution in [-0.4, -0.2) is 50.9 Å². The van der Waals surface area contributed by atoms with Gasteiger partial charge in [0.25, 0.3) is 0 Å². The lowest BCUT2D eigenvalue weighted by atomic mass is 9.84. The van der Waals surface area contributed by atoms with E-state index in [0.29, 0.717) is 29.8 Å². The zero-order valence-corrected chi connectivity index (χ0v) is 51.3. The highest BCUT2D eigenvalue weighted by Gasteiger charge is 2.37. The quantitative estimate of drug-likeness (QED) is 0.0547. The third-order valence-electron chi connectivity index (χ3n) is 15.4. The Morgan fingerprint density at radius 1 is 0.691 bits per heavy atom. The second kappa shape index (κ2) is 30.9. The molecule has 1 saturated heterocycles. The highest BCUT2D eigenvalue weighted by Crippen LogP contribution is 2.46. The number of fused-ring (bicyclic) bond motifs is 4. The van der Waals surface area contributed by atoms with Crippen LogP contribution in [-0.2, 0) is 22.5 Å². The van der Waals surface area contributed by atoms with Crippen molar-refractivity contribution in [2.24, 2.45) is 47.3 Å². The molecule has 11 rings (SSSR count). The fraction of sp³-hybridized carbons (Fsp3) is 0.380. The van der Waals surface area contributed by atoms with Crippen LogP contribution in [0.1, 0.15) is 133 Å². The van der Waals surface area contributed by atoms with E-state index in [1.165, 1.54) is 65.9 Å². The van der Waals surface area contributed by atoms with E-state index in [1.807, 2.05) is 104 Å². The van der Waals surface area contributed by atoms with E-state index in [4.69, 9.17) is 4.74 Å². The van der Waals surface area contributed by atoms with Crippen molar-refractivity contribution in [1.82, 2.24) is 20.4 Å². The second-order valence-electron chi connectivity index (χ2n) is 23.2. The van der Waals surface area contributed by atoms with Crippen molar-refractivity contribution >= 4 is 53.2 Å². The molecule has 0 spiro atoms. The van der Waals surface area contributed by atoms with Crippen molar-refractivity contribution in [1.29, 1.82) is 0 Å². The number of benzene rings is 6. The molecule has 81 heavy (non-hydrogen) atoms. The van der Waals surface area contributed by atoms with Gasteiger partial charge in [0.1, 0.15) is 0 Å². The number of carbonyl (C=O) groups is 2. The number of hydrogen-bond donors (Lipinski definition) is 0. The van der Waals surface area contributed by atoms with E-state index in [2.05, 4.69) is 178 Å². The Labute approximate surface area is 490 Å². The topological polar surface area (TPSA) is 98.2 Å². The van der Waals surface area contributed by atoms with E-state index in [0.717, 1.165) is 75.2 Å². The van der Waals surface area contributed by atoms with E-state index in [1.54, 1.807) is 0 Å². The van der Waals surface area contributed by atoms with Gasteiger partial charge >= 0.3 is 5.97 Å². The maximum atomic E-state index is 12.6. The summed E-state index contributed by atoms with van der Waals surface area (Å²) in [7, 11) is 0.593. The molecule has 10 heteroatoms. The van der Waals surface area contributed by atoms with Crippen LogP contribution in [0.4, 0.5) is 5.69 Å². The van der Waals surface area contributed by atoms with Gasteiger partial charge < -0.3 is 9.64 Å². The van der Waals surface area contributed by atoms with Gasteiger partial charge in [-0.2, -0.15) is 11.8 Å². The summed E-state index contributed by atoms with van der Waals surface area (Å²) >= 11 is 2.11. The number of methoxy groups -OCH3 is 1. The van der Waals surface area contributed by atoms with Crippen LogP contribution >= 0.6 is 19.7 Å². The third kappa shape index (κ3) is 17.6. The lowest BCUT2D eigenvalue weighted by molar-refractivity contribution is -0.121. The van der Waals surface area contributed by atoms with Crippen LogP contribution in [0.2, 0.25) is 0 Å². The van der Waals surface area contributed by atoms with Gasteiger partial charge in [-0.05, 0) is 155 Å². The molecule has 2 bridgehead atoms. The number of nitrogens with zero attached hydrogens (tertiary/aromatic N) is 5. The van der Waals surface area contributed by atoms with Gasteiger partial charge in [-0.3, -0.25) is 4.79 Å². The van der Waals surface area contributed by atoms with Gasteiger partial charge in [-0.25, -0.2) is 4.79 Å². The van der Waals surface area contributed by atoms with E-state index in [-0.39, 0.29) is 17.8 Å². The largest absolute Gasteiger partial charge is 0.465 e. The molecule has 8 nitrogen and oxygen atoms in total. The summed E-state index contributed by atoms with van der Waals surface area (Å²) in [4.78, 5) is 26.9. The minimum Gasteiger partial charge on any atom is -0.465 e. The van der Waals surface area contributed by atoms with Gasteiger partial charge in [0.2, 0.25) is 11.7 Å². The number of esters is 1. The van der Waals surface area contributed by atoms with E-state index in [9.17, 15) is 9.59 Å². The molecule has 7 aromatic rings. The van der Waals surface area contributed by atoms with Gasteiger partial charge in [0.05, 0.1) is 24.9 Å². The Balaban J connectivity index is 0.000000154. The lowest BCUT2D eigenvalue weighted by Gasteiger charge is -2.27. The maximum absolute atomic E-state index is 12.6. The first kappa shape index (κ1) is 61.9. The van der Waals surface area contributed by atoms with Crippen molar-refractivity contribution < 1.29 is 14.3 Å². The fourth-order valence-electron chi connectivity index (χ4n) is 10.7. The minimum absolute atomic E-state index is 0.0439. The Morgan fingerprint density at radius 2 is 1.31 bits per heavy atom. The average Bonchev–Trinajstić information content (AvgIpc) is 4.44. The molecule has 0 radical (unpaired) electrons. The number of carbonyl (C=O) groups excluding carboxylic acids is 2. The van der Waals surface area contributed by atoms with Crippen molar-refractivity contribution in [2.45, 2.75) is 107 Å². The number of rotatable bonds is 11. The predicted octanol–water partition coefficient (Wildman–Crippen LogP) is 15.3. The molecule has 1 aromatic heterocycles. The highest BCUT2D eigenvalue weighted by atomic mass is 32.2. The first-order valence-electron chi connectivity index (χ1n) is 29.1. The van der Waals surface area contributed by atoms with Gasteiger partial charge in [-0.15, -0.1) is 20.4 Å². The van der Waals surface area contributed by atoms with Crippen LogP contribution in [0.25, 0.3) is 11.4 Å². The summed E-state index contributed by atoms with van der Waals surface area (Å²) in [6.45, 7) is 22.6. The molecular formula is C71H84N5O3PS. The maximum Gasteiger partial charge on any atom is 0.338 e.